The Kier molecular flexibility index (Phi) is 12.5. The molecule has 0 bridgehead atoms. The first kappa shape index (κ1) is 35.7. The maximum absolute atomic E-state index is 14.0. The van der Waals surface area contributed by atoms with Crippen LogP contribution in [0.3, 0.4) is 0 Å². The highest BCUT2D eigenvalue weighted by Gasteiger charge is 2.42. The molecule has 2 aliphatic heterocycles. The van der Waals surface area contributed by atoms with Crippen LogP contribution < -0.4 is 31.7 Å². The minimum absolute atomic E-state index is 0.0963. The van der Waals surface area contributed by atoms with Crippen LogP contribution in [-0.4, -0.2) is 80.9 Å². The number of ketones is 1. The standard InChI is InChI=1S/C33H40F2N8O5S/c34-23-9-6-10-24(35)31(23)48-18-27(44)25(11-3-4-14-36)38-32(46)20-7-5-8-22(15-20)43-17-21(41-42-43)16-37-29(45)13-2-1-12-28-30-26(19-49-28)39-33(47)40-30/h5-10,15,17,25-26,28,30H,1-4,11-14,16,18-19,36H2,(H,37,45)(H,38,46)(H2,39,40,47)/t25?,26-,28-,30-/m0/s1. The van der Waals surface area contributed by atoms with Crippen LogP contribution in [0.4, 0.5) is 13.6 Å². The number of benzene rings is 2. The van der Waals surface area contributed by atoms with Crippen molar-refractivity contribution in [2.75, 3.05) is 18.9 Å². The highest BCUT2D eigenvalue weighted by atomic mass is 32.2. The topological polar surface area (TPSA) is 182 Å². The highest BCUT2D eigenvalue weighted by Crippen LogP contribution is 2.33. The Morgan fingerprint density at radius 3 is 2.67 bits per heavy atom. The Hall–Kier alpha value is -4.57. The van der Waals surface area contributed by atoms with Gasteiger partial charge in [0.1, 0.15) is 12.3 Å². The van der Waals surface area contributed by atoms with Crippen LogP contribution in [-0.2, 0) is 16.1 Å². The number of nitrogens with two attached hydrogens (primary N) is 1. The van der Waals surface area contributed by atoms with E-state index in [1.807, 2.05) is 11.8 Å². The van der Waals surface area contributed by atoms with E-state index in [-0.39, 0.29) is 42.6 Å². The number of amides is 4. The highest BCUT2D eigenvalue weighted by molar-refractivity contribution is 8.00. The van der Waals surface area contributed by atoms with E-state index >= 15 is 0 Å². The number of halogens is 2. The third-order valence-corrected chi connectivity index (χ3v) is 9.89. The third-order valence-electron chi connectivity index (χ3n) is 8.38. The average molecular weight is 699 g/mol. The number of para-hydroxylation sites is 1. The number of thioether (sulfide) groups is 1. The predicted molar refractivity (Wildman–Crippen MR) is 178 cm³/mol. The largest absolute Gasteiger partial charge is 0.480 e. The molecule has 3 heterocycles. The average Bonchev–Trinajstić information content (AvgIpc) is 3.81. The number of ether oxygens (including phenoxy) is 1. The molecule has 0 aliphatic carbocycles. The molecule has 2 aliphatic rings. The van der Waals surface area contributed by atoms with Crippen LogP contribution in [0.1, 0.15) is 61.0 Å². The summed E-state index contributed by atoms with van der Waals surface area (Å²) in [4.78, 5) is 50.2. The van der Waals surface area contributed by atoms with E-state index in [0.29, 0.717) is 42.4 Å². The van der Waals surface area contributed by atoms with Crippen molar-refractivity contribution in [1.29, 1.82) is 0 Å². The van der Waals surface area contributed by atoms with Crippen LogP contribution in [0, 0.1) is 11.6 Å². The summed E-state index contributed by atoms with van der Waals surface area (Å²) in [6.07, 6.45) is 6.00. The van der Waals surface area contributed by atoms with Gasteiger partial charge in [-0.15, -0.1) is 5.10 Å². The lowest BCUT2D eigenvalue weighted by atomic mass is 10.0. The van der Waals surface area contributed by atoms with Gasteiger partial charge in [0.2, 0.25) is 5.91 Å². The lowest BCUT2D eigenvalue weighted by Crippen LogP contribution is -2.43. The van der Waals surface area contributed by atoms with Crippen molar-refractivity contribution in [2.24, 2.45) is 5.73 Å². The summed E-state index contributed by atoms with van der Waals surface area (Å²) in [7, 11) is 0. The molecule has 262 valence electrons. The van der Waals surface area contributed by atoms with Crippen molar-refractivity contribution >= 4 is 35.4 Å². The summed E-state index contributed by atoms with van der Waals surface area (Å²) in [5.74, 6) is -2.80. The van der Waals surface area contributed by atoms with E-state index in [0.717, 1.165) is 37.1 Å². The number of carbonyl (C=O) groups is 4. The number of fused-ring (bicyclic) bond motifs is 1. The number of hydrogen-bond donors (Lipinski definition) is 5. The van der Waals surface area contributed by atoms with Crippen LogP contribution in [0.2, 0.25) is 0 Å². The monoisotopic (exact) mass is 698 g/mol. The van der Waals surface area contributed by atoms with Gasteiger partial charge in [0.25, 0.3) is 5.91 Å². The van der Waals surface area contributed by atoms with Gasteiger partial charge in [-0.3, -0.25) is 14.4 Å². The van der Waals surface area contributed by atoms with Gasteiger partial charge in [0.15, 0.2) is 23.2 Å². The zero-order chi connectivity index (χ0) is 34.8. The molecule has 1 unspecified atom stereocenters. The summed E-state index contributed by atoms with van der Waals surface area (Å²) < 4.78 is 34.6. The van der Waals surface area contributed by atoms with Crippen LogP contribution in [0.25, 0.3) is 5.69 Å². The SMILES string of the molecule is NCCCCC(NC(=O)c1cccc(-n2cc(CNC(=O)CCCC[C@@H]3SC[C@@H]4NC(=O)N[C@@H]43)nn2)c1)C(=O)COc1c(F)cccc1F. The zero-order valence-electron chi connectivity index (χ0n) is 26.8. The van der Waals surface area contributed by atoms with E-state index in [2.05, 4.69) is 31.6 Å². The molecule has 6 N–H and O–H groups in total. The normalized spacial score (nSPS) is 18.7. The predicted octanol–water partition coefficient (Wildman–Crippen LogP) is 2.76. The third kappa shape index (κ3) is 9.75. The van der Waals surface area contributed by atoms with Crippen molar-refractivity contribution in [2.45, 2.75) is 74.9 Å². The van der Waals surface area contributed by atoms with Crippen molar-refractivity contribution in [3.05, 3.63) is 71.6 Å². The quantitative estimate of drug-likeness (QED) is 0.0986. The fourth-order valence-corrected chi connectivity index (χ4v) is 7.30. The smallest absolute Gasteiger partial charge is 0.315 e. The van der Waals surface area contributed by atoms with Crippen molar-refractivity contribution in [3.63, 3.8) is 0 Å². The number of nitrogens with zero attached hydrogens (tertiary/aromatic N) is 3. The maximum atomic E-state index is 14.0. The minimum Gasteiger partial charge on any atom is -0.480 e. The van der Waals surface area contributed by atoms with Gasteiger partial charge in [-0.2, -0.15) is 11.8 Å². The number of hydrogen-bond acceptors (Lipinski definition) is 9. The second-order valence-corrected chi connectivity index (χ2v) is 13.2. The number of unbranched alkanes of at least 4 members (excludes halogenated alkanes) is 2. The Labute approximate surface area is 286 Å². The summed E-state index contributed by atoms with van der Waals surface area (Å²) >= 11 is 1.85. The molecule has 1 aromatic heterocycles. The molecule has 2 fully saturated rings. The van der Waals surface area contributed by atoms with Crippen molar-refractivity contribution < 1.29 is 32.7 Å². The molecule has 49 heavy (non-hydrogen) atoms. The number of nitrogens with one attached hydrogen (secondary N) is 4. The van der Waals surface area contributed by atoms with E-state index < -0.39 is 41.7 Å². The molecule has 13 nitrogen and oxygen atoms in total. The molecule has 0 saturated carbocycles. The molecule has 16 heteroatoms. The van der Waals surface area contributed by atoms with Gasteiger partial charge in [0.05, 0.1) is 36.6 Å². The maximum Gasteiger partial charge on any atom is 0.315 e. The molecular formula is C33H40F2N8O5S. The van der Waals surface area contributed by atoms with Gasteiger partial charge < -0.3 is 31.7 Å². The number of aromatic nitrogens is 3. The number of rotatable bonds is 18. The molecule has 4 atom stereocenters. The Morgan fingerprint density at radius 2 is 1.88 bits per heavy atom. The molecule has 3 aromatic rings. The van der Waals surface area contributed by atoms with Crippen LogP contribution in [0.5, 0.6) is 5.75 Å². The lowest BCUT2D eigenvalue weighted by molar-refractivity contribution is -0.123. The fourth-order valence-electron chi connectivity index (χ4n) is 5.76. The molecule has 0 radical (unpaired) electrons. The second kappa shape index (κ2) is 17.2. The van der Waals surface area contributed by atoms with E-state index in [4.69, 9.17) is 10.5 Å². The van der Waals surface area contributed by atoms with Crippen LogP contribution in [0.15, 0.2) is 48.7 Å². The summed E-state index contributed by atoms with van der Waals surface area (Å²) in [5, 5.41) is 20.1. The molecular weight excluding hydrogens is 658 g/mol. The van der Waals surface area contributed by atoms with Gasteiger partial charge in [-0.1, -0.05) is 23.8 Å². The van der Waals surface area contributed by atoms with Crippen molar-refractivity contribution in [3.8, 4) is 11.4 Å². The van der Waals surface area contributed by atoms with Gasteiger partial charge in [-0.05, 0) is 69.0 Å². The van der Waals surface area contributed by atoms with Crippen molar-refractivity contribution in [1.82, 2.24) is 36.3 Å². The number of Topliss-reactive ketones (excluding diaryl/α,β-unsaturated/α-hetero) is 1. The van der Waals surface area contributed by atoms with Gasteiger partial charge in [0, 0.05) is 23.0 Å². The summed E-state index contributed by atoms with van der Waals surface area (Å²) in [6.45, 7) is -0.0493. The first-order chi connectivity index (χ1) is 23.7. The Morgan fingerprint density at radius 1 is 1.08 bits per heavy atom. The number of carbonyl (C=O) groups excluding carboxylic acids is 4. The minimum atomic E-state index is -0.972. The lowest BCUT2D eigenvalue weighted by Gasteiger charge is -2.18. The van der Waals surface area contributed by atoms with Gasteiger partial charge >= 0.3 is 6.03 Å². The van der Waals surface area contributed by atoms with E-state index in [1.165, 1.54) is 10.7 Å². The molecule has 4 amide bonds. The first-order valence-corrected chi connectivity index (χ1v) is 17.3. The Balaban J connectivity index is 1.09. The van der Waals surface area contributed by atoms with Gasteiger partial charge in [-0.25, -0.2) is 18.3 Å². The zero-order valence-corrected chi connectivity index (χ0v) is 27.6. The van der Waals surface area contributed by atoms with Crippen LogP contribution >= 0.6 is 11.8 Å². The Bertz CT molecular complexity index is 1620. The molecule has 2 aromatic carbocycles. The molecule has 2 saturated heterocycles. The second-order valence-electron chi connectivity index (χ2n) is 12.0. The molecule has 0 spiro atoms. The van der Waals surface area contributed by atoms with E-state index in [1.54, 1.807) is 30.5 Å². The molecule has 5 rings (SSSR count). The summed E-state index contributed by atoms with van der Waals surface area (Å²) in [5.41, 5.74) is 6.90. The summed E-state index contributed by atoms with van der Waals surface area (Å²) in [6, 6.07) is 9.05. The fraction of sp³-hybridized carbons (Fsp3) is 0.455. The van der Waals surface area contributed by atoms with E-state index in [9.17, 15) is 28.0 Å². The first-order valence-electron chi connectivity index (χ1n) is 16.3. The number of urea groups is 1.